The van der Waals surface area contributed by atoms with E-state index in [4.69, 9.17) is 5.73 Å². The van der Waals surface area contributed by atoms with Crippen molar-refractivity contribution in [1.29, 1.82) is 0 Å². The van der Waals surface area contributed by atoms with E-state index in [1.54, 1.807) is 0 Å². The summed E-state index contributed by atoms with van der Waals surface area (Å²) in [5.74, 6) is 1.28. The Morgan fingerprint density at radius 2 is 2.29 bits per heavy atom. The SMILES string of the molecule is NC[C@@H]1C[C@H]1c1[nH]nc2ccccc12. The third-order valence-corrected chi connectivity index (χ3v) is 3.09. The lowest BCUT2D eigenvalue weighted by Crippen LogP contribution is -2.02. The van der Waals surface area contributed by atoms with Crippen LogP contribution in [0.15, 0.2) is 24.3 Å². The molecule has 1 aromatic carbocycles. The Morgan fingerprint density at radius 3 is 3.07 bits per heavy atom. The Hall–Kier alpha value is -1.35. The standard InChI is InChI=1S/C11H13N3/c12-6-7-5-9(7)11-8-3-1-2-4-10(8)13-14-11/h1-4,7,9H,5-6,12H2,(H,13,14)/t7-,9+/m0/s1. The van der Waals surface area contributed by atoms with Crippen LogP contribution in [0.1, 0.15) is 18.0 Å². The molecule has 1 aliphatic rings. The van der Waals surface area contributed by atoms with E-state index < -0.39 is 0 Å². The molecule has 3 N–H and O–H groups in total. The molecule has 0 unspecified atom stereocenters. The van der Waals surface area contributed by atoms with Gasteiger partial charge in [-0.25, -0.2) is 0 Å². The van der Waals surface area contributed by atoms with Gasteiger partial charge in [-0.3, -0.25) is 5.10 Å². The molecule has 14 heavy (non-hydrogen) atoms. The Kier molecular flexibility index (Phi) is 1.61. The number of nitrogens with two attached hydrogens (primary N) is 1. The second-order valence-electron chi connectivity index (χ2n) is 3.99. The second-order valence-corrected chi connectivity index (χ2v) is 3.99. The first-order chi connectivity index (χ1) is 6.90. The van der Waals surface area contributed by atoms with E-state index in [1.807, 2.05) is 12.1 Å². The normalized spacial score (nSPS) is 25.5. The van der Waals surface area contributed by atoms with Crippen LogP contribution in [-0.4, -0.2) is 16.7 Å². The average molecular weight is 187 g/mol. The molecule has 1 aliphatic carbocycles. The Bertz CT molecular complexity index is 460. The largest absolute Gasteiger partial charge is 0.330 e. The lowest BCUT2D eigenvalue weighted by Gasteiger charge is -1.94. The van der Waals surface area contributed by atoms with Crippen LogP contribution >= 0.6 is 0 Å². The molecule has 0 bridgehead atoms. The quantitative estimate of drug-likeness (QED) is 0.750. The van der Waals surface area contributed by atoms with E-state index in [1.165, 1.54) is 17.5 Å². The predicted octanol–water partition coefficient (Wildman–Crippen LogP) is 1.63. The zero-order valence-electron chi connectivity index (χ0n) is 7.90. The minimum Gasteiger partial charge on any atom is -0.330 e. The Morgan fingerprint density at radius 1 is 1.43 bits per heavy atom. The average Bonchev–Trinajstić information content (AvgIpc) is 2.90. The van der Waals surface area contributed by atoms with Crippen LogP contribution in [0, 0.1) is 5.92 Å². The number of aromatic nitrogens is 2. The van der Waals surface area contributed by atoms with Crippen molar-refractivity contribution in [3.8, 4) is 0 Å². The number of H-pyrrole nitrogens is 1. The zero-order chi connectivity index (χ0) is 9.54. The van der Waals surface area contributed by atoms with Gasteiger partial charge >= 0.3 is 0 Å². The van der Waals surface area contributed by atoms with Crippen molar-refractivity contribution < 1.29 is 0 Å². The number of nitrogens with one attached hydrogen (secondary N) is 1. The first-order valence-electron chi connectivity index (χ1n) is 5.03. The van der Waals surface area contributed by atoms with E-state index in [2.05, 4.69) is 22.3 Å². The molecule has 0 radical (unpaired) electrons. The molecule has 72 valence electrons. The number of aromatic amines is 1. The van der Waals surface area contributed by atoms with E-state index in [9.17, 15) is 0 Å². The van der Waals surface area contributed by atoms with Crippen molar-refractivity contribution in [2.24, 2.45) is 11.7 Å². The lowest BCUT2D eigenvalue weighted by atomic mass is 10.1. The summed E-state index contributed by atoms with van der Waals surface area (Å²) >= 11 is 0. The van der Waals surface area contributed by atoms with Gasteiger partial charge in [0.2, 0.25) is 0 Å². The summed E-state index contributed by atoms with van der Waals surface area (Å²) in [6.07, 6.45) is 1.21. The summed E-state index contributed by atoms with van der Waals surface area (Å²) in [5, 5.41) is 8.68. The smallest absolute Gasteiger partial charge is 0.0923 e. The van der Waals surface area contributed by atoms with E-state index >= 15 is 0 Å². The fraction of sp³-hybridized carbons (Fsp3) is 0.364. The van der Waals surface area contributed by atoms with Gasteiger partial charge in [0.25, 0.3) is 0 Å². The highest BCUT2D eigenvalue weighted by molar-refractivity contribution is 5.82. The molecular formula is C11H13N3. The van der Waals surface area contributed by atoms with E-state index in [-0.39, 0.29) is 0 Å². The van der Waals surface area contributed by atoms with Gasteiger partial charge in [0.15, 0.2) is 0 Å². The molecule has 3 rings (SSSR count). The molecule has 2 atom stereocenters. The molecule has 1 heterocycles. The van der Waals surface area contributed by atoms with Crippen molar-refractivity contribution in [3.63, 3.8) is 0 Å². The number of hydrogen-bond acceptors (Lipinski definition) is 2. The van der Waals surface area contributed by atoms with Crippen LogP contribution in [0.2, 0.25) is 0 Å². The van der Waals surface area contributed by atoms with Crippen molar-refractivity contribution in [1.82, 2.24) is 10.2 Å². The molecule has 2 aromatic rings. The number of hydrogen-bond donors (Lipinski definition) is 2. The minimum absolute atomic E-state index is 0.618. The summed E-state index contributed by atoms with van der Waals surface area (Å²) in [6.45, 7) is 0.790. The van der Waals surface area contributed by atoms with E-state index in [0.717, 1.165) is 12.1 Å². The van der Waals surface area contributed by atoms with Crippen LogP contribution < -0.4 is 5.73 Å². The highest BCUT2D eigenvalue weighted by Gasteiger charge is 2.39. The zero-order valence-corrected chi connectivity index (χ0v) is 7.90. The van der Waals surface area contributed by atoms with Gasteiger partial charge in [-0.15, -0.1) is 0 Å². The summed E-state index contributed by atoms with van der Waals surface area (Å²) in [6, 6.07) is 8.23. The van der Waals surface area contributed by atoms with Crippen molar-refractivity contribution in [2.45, 2.75) is 12.3 Å². The maximum atomic E-state index is 5.64. The van der Waals surface area contributed by atoms with Crippen molar-refractivity contribution >= 4 is 10.9 Å². The first-order valence-corrected chi connectivity index (χ1v) is 5.03. The van der Waals surface area contributed by atoms with Crippen LogP contribution in [0.3, 0.4) is 0 Å². The van der Waals surface area contributed by atoms with Gasteiger partial charge in [-0.05, 0) is 24.9 Å². The monoisotopic (exact) mass is 187 g/mol. The second kappa shape index (κ2) is 2.82. The number of para-hydroxylation sites is 1. The number of nitrogens with zero attached hydrogens (tertiary/aromatic N) is 1. The van der Waals surface area contributed by atoms with Crippen LogP contribution in [-0.2, 0) is 0 Å². The molecule has 0 spiro atoms. The number of rotatable bonds is 2. The molecule has 3 nitrogen and oxygen atoms in total. The molecule has 1 saturated carbocycles. The predicted molar refractivity (Wildman–Crippen MR) is 56.0 cm³/mol. The van der Waals surface area contributed by atoms with Crippen molar-refractivity contribution in [2.75, 3.05) is 6.54 Å². The van der Waals surface area contributed by atoms with Crippen LogP contribution in [0.4, 0.5) is 0 Å². The first kappa shape index (κ1) is 8.00. The van der Waals surface area contributed by atoms with Gasteiger partial charge in [-0.2, -0.15) is 5.10 Å². The molecule has 0 saturated heterocycles. The number of benzene rings is 1. The molecular weight excluding hydrogens is 174 g/mol. The van der Waals surface area contributed by atoms with Gasteiger partial charge in [0.05, 0.1) is 5.52 Å². The molecule has 3 heteroatoms. The summed E-state index contributed by atoms with van der Waals surface area (Å²) in [7, 11) is 0. The molecule has 0 amide bonds. The Labute approximate surface area is 82.3 Å². The highest BCUT2D eigenvalue weighted by atomic mass is 15.1. The third-order valence-electron chi connectivity index (χ3n) is 3.09. The summed E-state index contributed by atoms with van der Waals surface area (Å²) in [4.78, 5) is 0. The van der Waals surface area contributed by atoms with Crippen LogP contribution in [0.25, 0.3) is 10.9 Å². The maximum Gasteiger partial charge on any atom is 0.0923 e. The van der Waals surface area contributed by atoms with Crippen LogP contribution in [0.5, 0.6) is 0 Å². The summed E-state index contributed by atoms with van der Waals surface area (Å²) in [5.41, 5.74) is 7.97. The van der Waals surface area contributed by atoms with E-state index in [0.29, 0.717) is 11.8 Å². The molecule has 1 aromatic heterocycles. The lowest BCUT2D eigenvalue weighted by molar-refractivity contribution is 0.796. The Balaban J connectivity index is 2.06. The minimum atomic E-state index is 0.618. The van der Waals surface area contributed by atoms with Gasteiger partial charge in [0, 0.05) is 17.0 Å². The third kappa shape index (κ3) is 1.06. The molecule has 0 aliphatic heterocycles. The van der Waals surface area contributed by atoms with Crippen molar-refractivity contribution in [3.05, 3.63) is 30.0 Å². The maximum absolute atomic E-state index is 5.64. The van der Waals surface area contributed by atoms with Gasteiger partial charge in [-0.1, -0.05) is 18.2 Å². The fourth-order valence-corrected chi connectivity index (χ4v) is 2.12. The van der Waals surface area contributed by atoms with Gasteiger partial charge in [0.1, 0.15) is 0 Å². The highest BCUT2D eigenvalue weighted by Crippen LogP contribution is 2.47. The number of fused-ring (bicyclic) bond motifs is 1. The van der Waals surface area contributed by atoms with Gasteiger partial charge < -0.3 is 5.73 Å². The topological polar surface area (TPSA) is 54.7 Å². The summed E-state index contributed by atoms with van der Waals surface area (Å²) < 4.78 is 0. The fourth-order valence-electron chi connectivity index (χ4n) is 2.12. The molecule has 1 fully saturated rings.